The first kappa shape index (κ1) is 23.3. The van der Waals surface area contributed by atoms with Gasteiger partial charge in [-0.2, -0.15) is 4.31 Å². The van der Waals surface area contributed by atoms with Crippen LogP contribution >= 0.6 is 0 Å². The first-order valence-corrected chi connectivity index (χ1v) is 12.6. The predicted molar refractivity (Wildman–Crippen MR) is 125 cm³/mol. The topological polar surface area (TPSA) is 101 Å². The van der Waals surface area contributed by atoms with Crippen LogP contribution in [0.25, 0.3) is 11.0 Å². The van der Waals surface area contributed by atoms with Crippen molar-refractivity contribution in [1.29, 1.82) is 0 Å². The Balaban J connectivity index is 1.43. The van der Waals surface area contributed by atoms with Gasteiger partial charge in [0.1, 0.15) is 0 Å². The molecular weight excluding hydrogens is 440 g/mol. The number of aryl methyl sites for hydroxylation is 2. The molecule has 1 amide bonds. The number of carbonyl (C=O) groups excluding carboxylic acids is 1. The quantitative estimate of drug-likeness (QED) is 0.572. The molecule has 174 valence electrons. The van der Waals surface area contributed by atoms with Crippen LogP contribution < -0.4 is 5.32 Å². The fourth-order valence-corrected chi connectivity index (χ4v) is 5.24. The largest absolute Gasteiger partial charge is 0.379 e. The zero-order valence-electron chi connectivity index (χ0n) is 18.9. The smallest absolute Gasteiger partial charge is 0.251 e. The molecule has 4 rings (SSSR count). The van der Waals surface area contributed by atoms with Crippen LogP contribution in [0, 0.1) is 0 Å². The number of hydrogen-bond donors (Lipinski definition) is 1. The van der Waals surface area contributed by atoms with Gasteiger partial charge < -0.3 is 10.1 Å². The monoisotopic (exact) mass is 468 g/mol. The van der Waals surface area contributed by atoms with E-state index in [4.69, 9.17) is 4.74 Å². The lowest BCUT2D eigenvalue weighted by Crippen LogP contribution is -2.40. The Labute approximate surface area is 194 Å². The zero-order valence-corrected chi connectivity index (χ0v) is 19.7. The minimum Gasteiger partial charge on any atom is -0.379 e. The standard InChI is InChI=1S/C24H28N4O4S/c1-3-20-21(4-2)27-23-15-18(7-10-22(23)26-20)24(29)25-16-17-5-8-19(9-6-17)33(30,31)28-11-13-32-14-12-28/h5-10,15H,3-4,11-14,16H2,1-2H3,(H,25,29). The number of sulfonamides is 1. The minimum absolute atomic E-state index is 0.221. The lowest BCUT2D eigenvalue weighted by molar-refractivity contribution is 0.0730. The molecule has 0 bridgehead atoms. The predicted octanol–water partition coefficient (Wildman–Crippen LogP) is 2.71. The molecule has 2 aromatic carbocycles. The van der Waals surface area contributed by atoms with E-state index in [0.717, 1.165) is 35.3 Å². The summed E-state index contributed by atoms with van der Waals surface area (Å²) in [6.07, 6.45) is 1.61. The number of amides is 1. The second-order valence-corrected chi connectivity index (χ2v) is 9.81. The fraction of sp³-hybridized carbons (Fsp3) is 0.375. The summed E-state index contributed by atoms with van der Waals surface area (Å²) in [5.74, 6) is -0.221. The summed E-state index contributed by atoms with van der Waals surface area (Å²) in [7, 11) is -3.53. The molecule has 1 saturated heterocycles. The number of rotatable bonds is 7. The third kappa shape index (κ3) is 5.05. The lowest BCUT2D eigenvalue weighted by Gasteiger charge is -2.26. The lowest BCUT2D eigenvalue weighted by atomic mass is 10.1. The molecule has 3 aromatic rings. The van der Waals surface area contributed by atoms with Crippen molar-refractivity contribution in [2.75, 3.05) is 26.3 Å². The van der Waals surface area contributed by atoms with Crippen molar-refractivity contribution in [1.82, 2.24) is 19.6 Å². The SMILES string of the molecule is CCc1nc2ccc(C(=O)NCc3ccc(S(=O)(=O)N4CCOCC4)cc3)cc2nc1CC. The van der Waals surface area contributed by atoms with E-state index in [9.17, 15) is 13.2 Å². The summed E-state index contributed by atoms with van der Waals surface area (Å²) in [4.78, 5) is 22.3. The minimum atomic E-state index is -3.53. The number of carbonyl (C=O) groups is 1. The van der Waals surface area contributed by atoms with Crippen LogP contribution in [-0.2, 0) is 34.1 Å². The molecule has 9 heteroatoms. The van der Waals surface area contributed by atoms with Gasteiger partial charge in [0.15, 0.2) is 0 Å². The molecule has 0 aliphatic carbocycles. The molecule has 1 aromatic heterocycles. The highest BCUT2D eigenvalue weighted by molar-refractivity contribution is 7.89. The molecule has 1 aliphatic rings. The van der Waals surface area contributed by atoms with E-state index >= 15 is 0 Å². The van der Waals surface area contributed by atoms with E-state index in [1.54, 1.807) is 36.4 Å². The first-order valence-electron chi connectivity index (χ1n) is 11.2. The molecule has 1 fully saturated rings. The molecule has 1 N–H and O–H groups in total. The van der Waals surface area contributed by atoms with E-state index in [1.807, 2.05) is 13.0 Å². The second kappa shape index (κ2) is 9.94. The van der Waals surface area contributed by atoms with Crippen molar-refractivity contribution in [2.45, 2.75) is 38.1 Å². The average Bonchev–Trinajstić information content (AvgIpc) is 2.86. The van der Waals surface area contributed by atoms with Crippen LogP contribution in [-0.4, -0.2) is 54.9 Å². The van der Waals surface area contributed by atoms with Gasteiger partial charge in [0.2, 0.25) is 10.0 Å². The van der Waals surface area contributed by atoms with Crippen LogP contribution in [0.1, 0.15) is 41.2 Å². The van der Waals surface area contributed by atoms with Crippen LogP contribution in [0.15, 0.2) is 47.4 Å². The molecule has 0 atom stereocenters. The van der Waals surface area contributed by atoms with Crippen molar-refractivity contribution < 1.29 is 17.9 Å². The Morgan fingerprint density at radius 2 is 1.61 bits per heavy atom. The maximum atomic E-state index is 12.7. The number of nitrogens with one attached hydrogen (secondary N) is 1. The van der Waals surface area contributed by atoms with Gasteiger partial charge in [-0.1, -0.05) is 26.0 Å². The maximum absolute atomic E-state index is 12.7. The van der Waals surface area contributed by atoms with Gasteiger partial charge in [-0.05, 0) is 48.7 Å². The number of aromatic nitrogens is 2. The third-order valence-corrected chi connectivity index (χ3v) is 7.65. The van der Waals surface area contributed by atoms with E-state index < -0.39 is 10.0 Å². The Morgan fingerprint density at radius 1 is 0.970 bits per heavy atom. The van der Waals surface area contributed by atoms with Crippen molar-refractivity contribution >= 4 is 27.0 Å². The molecule has 1 aliphatic heterocycles. The van der Waals surface area contributed by atoms with Crippen LogP contribution in [0.5, 0.6) is 0 Å². The Bertz CT molecular complexity index is 1250. The van der Waals surface area contributed by atoms with Gasteiger partial charge in [0, 0.05) is 25.2 Å². The maximum Gasteiger partial charge on any atom is 0.251 e. The molecule has 8 nitrogen and oxygen atoms in total. The van der Waals surface area contributed by atoms with Crippen LogP contribution in [0.4, 0.5) is 0 Å². The Hall–Kier alpha value is -2.88. The molecule has 0 radical (unpaired) electrons. The van der Waals surface area contributed by atoms with Gasteiger partial charge >= 0.3 is 0 Å². The van der Waals surface area contributed by atoms with Gasteiger partial charge in [-0.3, -0.25) is 4.79 Å². The molecule has 0 saturated carbocycles. The molecule has 2 heterocycles. The number of morpholine rings is 1. The highest BCUT2D eigenvalue weighted by atomic mass is 32.2. The van der Waals surface area contributed by atoms with Crippen LogP contribution in [0.3, 0.4) is 0 Å². The summed E-state index contributed by atoms with van der Waals surface area (Å²) in [5.41, 5.74) is 4.74. The summed E-state index contributed by atoms with van der Waals surface area (Å²) in [6, 6.07) is 11.9. The molecule has 0 unspecified atom stereocenters. The van der Waals surface area contributed by atoms with Crippen molar-refractivity contribution in [2.24, 2.45) is 0 Å². The Kier molecular flexibility index (Phi) is 7.02. The number of benzene rings is 2. The zero-order chi connectivity index (χ0) is 23.4. The average molecular weight is 469 g/mol. The van der Waals surface area contributed by atoms with Gasteiger partial charge in [-0.25, -0.2) is 18.4 Å². The first-order chi connectivity index (χ1) is 15.9. The summed E-state index contributed by atoms with van der Waals surface area (Å²) in [5, 5.41) is 2.89. The van der Waals surface area contributed by atoms with E-state index in [1.165, 1.54) is 4.31 Å². The van der Waals surface area contributed by atoms with Gasteiger partial charge in [0.25, 0.3) is 5.91 Å². The summed E-state index contributed by atoms with van der Waals surface area (Å²) >= 11 is 0. The van der Waals surface area contributed by atoms with Crippen molar-refractivity contribution in [3.8, 4) is 0 Å². The normalized spacial score (nSPS) is 15.0. The van der Waals surface area contributed by atoms with Gasteiger partial charge in [0.05, 0.1) is 40.5 Å². The van der Waals surface area contributed by atoms with E-state index in [2.05, 4.69) is 22.2 Å². The molecular formula is C24H28N4O4S. The van der Waals surface area contributed by atoms with Crippen molar-refractivity contribution in [3.05, 3.63) is 65.0 Å². The van der Waals surface area contributed by atoms with Gasteiger partial charge in [-0.15, -0.1) is 0 Å². The highest BCUT2D eigenvalue weighted by Gasteiger charge is 2.26. The van der Waals surface area contributed by atoms with E-state index in [0.29, 0.717) is 37.4 Å². The number of nitrogens with zero attached hydrogens (tertiary/aromatic N) is 3. The van der Waals surface area contributed by atoms with E-state index in [-0.39, 0.29) is 17.3 Å². The third-order valence-electron chi connectivity index (χ3n) is 5.74. The fourth-order valence-electron chi connectivity index (χ4n) is 3.83. The molecule has 0 spiro atoms. The van der Waals surface area contributed by atoms with Crippen molar-refractivity contribution in [3.63, 3.8) is 0 Å². The number of ether oxygens (including phenoxy) is 1. The number of hydrogen-bond acceptors (Lipinski definition) is 6. The number of fused-ring (bicyclic) bond motifs is 1. The summed E-state index contributed by atoms with van der Waals surface area (Å²) in [6.45, 7) is 5.91. The molecule has 33 heavy (non-hydrogen) atoms. The highest BCUT2D eigenvalue weighted by Crippen LogP contribution is 2.19. The van der Waals surface area contributed by atoms with Crippen LogP contribution in [0.2, 0.25) is 0 Å². The summed E-state index contributed by atoms with van der Waals surface area (Å²) < 4.78 is 32.1. The Morgan fingerprint density at radius 3 is 2.24 bits per heavy atom. The second-order valence-electron chi connectivity index (χ2n) is 7.87.